The van der Waals surface area contributed by atoms with E-state index in [0.717, 1.165) is 49.5 Å². The zero-order valence-electron chi connectivity index (χ0n) is 16.4. The molecule has 0 bridgehead atoms. The molecule has 0 aliphatic carbocycles. The molecule has 0 radical (unpaired) electrons. The number of hydrogen-bond donors (Lipinski definition) is 0. The number of rotatable bonds is 5. The van der Waals surface area contributed by atoms with Gasteiger partial charge in [0.1, 0.15) is 5.75 Å². The van der Waals surface area contributed by atoms with Gasteiger partial charge in [0.2, 0.25) is 5.82 Å². The van der Waals surface area contributed by atoms with Crippen LogP contribution in [-0.4, -0.2) is 40.2 Å². The number of pyridine rings is 1. The van der Waals surface area contributed by atoms with Crippen LogP contribution in [0.5, 0.6) is 5.75 Å². The van der Waals surface area contributed by atoms with Crippen molar-refractivity contribution in [1.29, 1.82) is 0 Å². The van der Waals surface area contributed by atoms with Gasteiger partial charge in [0.25, 0.3) is 0 Å². The van der Waals surface area contributed by atoms with Crippen LogP contribution in [-0.2, 0) is 12.7 Å². The number of methoxy groups -OCH3 is 1. The predicted molar refractivity (Wildman–Crippen MR) is 103 cm³/mol. The Morgan fingerprint density at radius 1 is 1.20 bits per heavy atom. The highest BCUT2D eigenvalue weighted by Crippen LogP contribution is 2.31. The summed E-state index contributed by atoms with van der Waals surface area (Å²) >= 11 is 0. The Labute approximate surface area is 171 Å². The lowest BCUT2D eigenvalue weighted by Crippen LogP contribution is -2.34. The van der Waals surface area contributed by atoms with Gasteiger partial charge in [-0.2, -0.15) is 18.2 Å². The third-order valence-corrected chi connectivity index (χ3v) is 5.22. The van der Waals surface area contributed by atoms with Gasteiger partial charge < -0.3 is 9.26 Å². The molecular formula is C21H21F3N4O2. The van der Waals surface area contributed by atoms with Crippen molar-refractivity contribution in [1.82, 2.24) is 20.0 Å². The van der Waals surface area contributed by atoms with Gasteiger partial charge in [0.05, 0.1) is 7.11 Å². The standard InChI is InChI=1S/C21H21F3N4O2/c1-29-18-7-3-2-5-16(18)13-28-10-4-6-15(12-28)17-9-8-14(11-25-17)19-26-20(30-27-19)21(22,23)24/h2-3,5,7-9,11,15H,4,6,10,12-13H2,1H3/t15-/m1/s1. The van der Waals surface area contributed by atoms with Crippen LogP contribution in [0, 0.1) is 0 Å². The lowest BCUT2D eigenvalue weighted by Gasteiger charge is -2.32. The molecule has 0 saturated carbocycles. The normalized spacial score (nSPS) is 17.8. The summed E-state index contributed by atoms with van der Waals surface area (Å²) in [5.74, 6) is -0.359. The molecule has 0 unspecified atom stereocenters. The number of aromatic nitrogens is 3. The molecule has 1 fully saturated rings. The summed E-state index contributed by atoms with van der Waals surface area (Å²) < 4.78 is 47.7. The van der Waals surface area contributed by atoms with Crippen molar-refractivity contribution in [3.63, 3.8) is 0 Å². The molecule has 1 saturated heterocycles. The number of halogens is 3. The number of piperidine rings is 1. The second kappa shape index (κ2) is 8.43. The van der Waals surface area contributed by atoms with Gasteiger partial charge >= 0.3 is 12.1 Å². The van der Waals surface area contributed by atoms with E-state index in [1.54, 1.807) is 13.2 Å². The Balaban J connectivity index is 1.44. The maximum absolute atomic E-state index is 12.6. The molecule has 4 rings (SSSR count). The minimum Gasteiger partial charge on any atom is -0.496 e. The number of para-hydroxylation sites is 1. The van der Waals surface area contributed by atoms with Gasteiger partial charge in [-0.15, -0.1) is 0 Å². The molecule has 1 atom stereocenters. The van der Waals surface area contributed by atoms with Crippen molar-refractivity contribution in [2.24, 2.45) is 0 Å². The fraction of sp³-hybridized carbons (Fsp3) is 0.381. The second-order valence-corrected chi connectivity index (χ2v) is 7.28. The van der Waals surface area contributed by atoms with E-state index in [1.807, 2.05) is 24.3 Å². The van der Waals surface area contributed by atoms with E-state index in [9.17, 15) is 13.2 Å². The van der Waals surface area contributed by atoms with E-state index in [-0.39, 0.29) is 11.7 Å². The monoisotopic (exact) mass is 418 g/mol. The van der Waals surface area contributed by atoms with Crippen LogP contribution in [0.15, 0.2) is 47.1 Å². The van der Waals surface area contributed by atoms with Gasteiger partial charge in [0, 0.05) is 42.0 Å². The zero-order valence-corrected chi connectivity index (χ0v) is 16.4. The molecule has 1 aliphatic heterocycles. The summed E-state index contributed by atoms with van der Waals surface area (Å²) in [4.78, 5) is 10.2. The minimum atomic E-state index is -4.66. The summed E-state index contributed by atoms with van der Waals surface area (Å²) in [6.45, 7) is 2.64. The second-order valence-electron chi connectivity index (χ2n) is 7.28. The first-order valence-corrected chi connectivity index (χ1v) is 9.65. The molecule has 1 aliphatic rings. The van der Waals surface area contributed by atoms with Crippen LogP contribution in [0.3, 0.4) is 0 Å². The number of hydrogen-bond acceptors (Lipinski definition) is 6. The largest absolute Gasteiger partial charge is 0.496 e. The van der Waals surface area contributed by atoms with Crippen molar-refractivity contribution >= 4 is 0 Å². The van der Waals surface area contributed by atoms with Crippen LogP contribution >= 0.6 is 0 Å². The lowest BCUT2D eigenvalue weighted by atomic mass is 9.93. The Morgan fingerprint density at radius 2 is 2.03 bits per heavy atom. The summed E-state index contributed by atoms with van der Waals surface area (Å²) in [6.07, 6.45) is -1.11. The van der Waals surface area contributed by atoms with Gasteiger partial charge in [0.15, 0.2) is 0 Å². The average Bonchev–Trinajstić information content (AvgIpc) is 3.25. The summed E-state index contributed by atoms with van der Waals surface area (Å²) in [7, 11) is 1.67. The van der Waals surface area contributed by atoms with Crippen LogP contribution in [0.25, 0.3) is 11.4 Å². The highest BCUT2D eigenvalue weighted by molar-refractivity contribution is 5.52. The summed E-state index contributed by atoms with van der Waals surface area (Å²) in [5.41, 5.74) is 2.43. The molecule has 0 amide bonds. The Morgan fingerprint density at radius 3 is 2.73 bits per heavy atom. The third-order valence-electron chi connectivity index (χ3n) is 5.22. The highest BCUT2D eigenvalue weighted by atomic mass is 19.4. The highest BCUT2D eigenvalue weighted by Gasteiger charge is 2.38. The number of benzene rings is 1. The van der Waals surface area contributed by atoms with E-state index in [1.165, 1.54) is 6.20 Å². The molecule has 2 aromatic heterocycles. The first-order chi connectivity index (χ1) is 14.4. The molecule has 0 N–H and O–H groups in total. The minimum absolute atomic E-state index is 0.122. The lowest BCUT2D eigenvalue weighted by molar-refractivity contribution is -0.159. The molecule has 1 aromatic carbocycles. The van der Waals surface area contributed by atoms with Crippen LogP contribution in [0.4, 0.5) is 13.2 Å². The number of alkyl halides is 3. The first-order valence-electron chi connectivity index (χ1n) is 9.65. The van der Waals surface area contributed by atoms with E-state index >= 15 is 0 Å². The molecule has 3 heterocycles. The predicted octanol–water partition coefficient (Wildman–Crippen LogP) is 4.54. The SMILES string of the molecule is COc1ccccc1CN1CCC[C@@H](c2ccc(-c3noc(C(F)(F)F)n3)cn2)C1. The topological polar surface area (TPSA) is 64.3 Å². The van der Waals surface area contributed by atoms with Crippen molar-refractivity contribution in [3.05, 3.63) is 59.7 Å². The Kier molecular flexibility index (Phi) is 5.72. The smallest absolute Gasteiger partial charge is 0.471 e. The average molecular weight is 418 g/mol. The van der Waals surface area contributed by atoms with Gasteiger partial charge in [-0.3, -0.25) is 9.88 Å². The number of nitrogens with zero attached hydrogens (tertiary/aromatic N) is 4. The van der Waals surface area contributed by atoms with E-state index in [0.29, 0.717) is 5.56 Å². The maximum Gasteiger partial charge on any atom is 0.471 e. The Hall–Kier alpha value is -2.94. The van der Waals surface area contributed by atoms with Crippen LogP contribution in [0.2, 0.25) is 0 Å². The summed E-state index contributed by atoms with van der Waals surface area (Å²) in [6, 6.07) is 11.5. The fourth-order valence-corrected chi connectivity index (χ4v) is 3.75. The summed E-state index contributed by atoms with van der Waals surface area (Å²) in [5, 5.41) is 3.40. The van der Waals surface area contributed by atoms with Crippen molar-refractivity contribution in [2.75, 3.05) is 20.2 Å². The molecule has 30 heavy (non-hydrogen) atoms. The van der Waals surface area contributed by atoms with E-state index in [4.69, 9.17) is 4.74 Å². The Bertz CT molecular complexity index is 988. The molecule has 158 valence electrons. The van der Waals surface area contributed by atoms with Gasteiger partial charge in [-0.25, -0.2) is 0 Å². The first kappa shape index (κ1) is 20.3. The fourth-order valence-electron chi connectivity index (χ4n) is 3.75. The van der Waals surface area contributed by atoms with Crippen molar-refractivity contribution in [3.8, 4) is 17.1 Å². The molecule has 0 spiro atoms. The molecule has 9 heteroatoms. The van der Waals surface area contributed by atoms with Crippen LogP contribution in [0.1, 0.15) is 35.9 Å². The van der Waals surface area contributed by atoms with E-state index in [2.05, 4.69) is 30.6 Å². The molecule has 3 aromatic rings. The number of likely N-dealkylation sites (tertiary alicyclic amines) is 1. The van der Waals surface area contributed by atoms with Crippen LogP contribution < -0.4 is 4.74 Å². The van der Waals surface area contributed by atoms with Gasteiger partial charge in [-0.05, 0) is 37.6 Å². The third kappa shape index (κ3) is 4.46. The van der Waals surface area contributed by atoms with Crippen molar-refractivity contribution in [2.45, 2.75) is 31.5 Å². The van der Waals surface area contributed by atoms with E-state index < -0.39 is 12.1 Å². The van der Waals surface area contributed by atoms with Gasteiger partial charge in [-0.1, -0.05) is 23.4 Å². The molecular weight excluding hydrogens is 397 g/mol. The zero-order chi connectivity index (χ0) is 21.1. The quantitative estimate of drug-likeness (QED) is 0.606. The van der Waals surface area contributed by atoms with Crippen molar-refractivity contribution < 1.29 is 22.4 Å². The number of ether oxygens (including phenoxy) is 1. The molecule has 6 nitrogen and oxygen atoms in total. The maximum atomic E-state index is 12.6.